The van der Waals surface area contributed by atoms with Gasteiger partial charge in [0, 0.05) is 46.1 Å². The standard InChI is InChI=1S/C29H24N8O/c30-23-8-6-21(7-9-23)29(38)34-25-12-10-24(11-13-25)33-27-14-15-37-28(35-27)26(17-32-37)22-16-31-36(19-22)18-20-4-2-1-3-5-20/h1-17,19H,18,30H2,(H,33,35)(H,34,38). The van der Waals surface area contributed by atoms with Gasteiger partial charge in [-0.3, -0.25) is 9.48 Å². The first-order valence-corrected chi connectivity index (χ1v) is 12.1. The highest BCUT2D eigenvalue weighted by Gasteiger charge is 2.12. The molecule has 0 atom stereocenters. The molecule has 186 valence electrons. The van der Waals surface area contributed by atoms with Gasteiger partial charge in [0.1, 0.15) is 5.82 Å². The predicted molar refractivity (Wildman–Crippen MR) is 148 cm³/mol. The summed E-state index contributed by atoms with van der Waals surface area (Å²) in [7, 11) is 0. The number of amides is 1. The van der Waals surface area contributed by atoms with Crippen molar-refractivity contribution < 1.29 is 4.79 Å². The minimum absolute atomic E-state index is 0.196. The maximum absolute atomic E-state index is 12.5. The number of rotatable bonds is 7. The molecule has 0 fully saturated rings. The Hall–Kier alpha value is -5.44. The van der Waals surface area contributed by atoms with Gasteiger partial charge in [-0.25, -0.2) is 9.50 Å². The number of carbonyl (C=O) groups excluding carboxylic acids is 1. The van der Waals surface area contributed by atoms with Crippen molar-refractivity contribution in [1.82, 2.24) is 24.4 Å². The van der Waals surface area contributed by atoms with Gasteiger partial charge in [0.05, 0.1) is 18.9 Å². The number of hydrogen-bond donors (Lipinski definition) is 3. The Kier molecular flexibility index (Phi) is 5.99. The molecule has 3 heterocycles. The molecule has 0 radical (unpaired) electrons. The average molecular weight is 501 g/mol. The van der Waals surface area contributed by atoms with Crippen LogP contribution in [0.25, 0.3) is 16.8 Å². The molecule has 0 aliphatic carbocycles. The van der Waals surface area contributed by atoms with E-state index < -0.39 is 0 Å². The third-order valence-electron chi connectivity index (χ3n) is 6.09. The highest BCUT2D eigenvalue weighted by molar-refractivity contribution is 6.04. The van der Waals surface area contributed by atoms with Gasteiger partial charge in [0.2, 0.25) is 0 Å². The largest absolute Gasteiger partial charge is 0.399 e. The van der Waals surface area contributed by atoms with Gasteiger partial charge < -0.3 is 16.4 Å². The first-order valence-electron chi connectivity index (χ1n) is 12.1. The van der Waals surface area contributed by atoms with Crippen molar-refractivity contribution >= 4 is 34.4 Å². The maximum atomic E-state index is 12.5. The van der Waals surface area contributed by atoms with Gasteiger partial charge in [-0.1, -0.05) is 30.3 Å². The Balaban J connectivity index is 1.16. The number of nitrogens with zero attached hydrogens (tertiary/aromatic N) is 5. The predicted octanol–water partition coefficient (Wildman–Crippen LogP) is 5.22. The Morgan fingerprint density at radius 3 is 2.39 bits per heavy atom. The third-order valence-corrected chi connectivity index (χ3v) is 6.09. The maximum Gasteiger partial charge on any atom is 0.255 e. The second-order valence-electron chi connectivity index (χ2n) is 8.83. The van der Waals surface area contributed by atoms with Crippen LogP contribution in [0.4, 0.5) is 22.9 Å². The monoisotopic (exact) mass is 500 g/mol. The summed E-state index contributed by atoms with van der Waals surface area (Å²) in [6.07, 6.45) is 7.50. The molecule has 0 aliphatic rings. The van der Waals surface area contributed by atoms with Crippen LogP contribution >= 0.6 is 0 Å². The lowest BCUT2D eigenvalue weighted by Crippen LogP contribution is -2.11. The fourth-order valence-corrected chi connectivity index (χ4v) is 4.12. The van der Waals surface area contributed by atoms with Gasteiger partial charge in [-0.2, -0.15) is 10.2 Å². The fraction of sp³-hybridized carbons (Fsp3) is 0.0345. The third kappa shape index (κ3) is 4.93. The minimum atomic E-state index is -0.196. The van der Waals surface area contributed by atoms with Crippen molar-refractivity contribution in [2.75, 3.05) is 16.4 Å². The van der Waals surface area contributed by atoms with Crippen LogP contribution in [0.5, 0.6) is 0 Å². The van der Waals surface area contributed by atoms with Gasteiger partial charge in [0.15, 0.2) is 5.65 Å². The van der Waals surface area contributed by atoms with E-state index in [1.807, 2.05) is 71.8 Å². The number of nitrogens with two attached hydrogens (primary N) is 1. The number of anilines is 4. The summed E-state index contributed by atoms with van der Waals surface area (Å²) in [6.45, 7) is 0.691. The number of hydrogen-bond acceptors (Lipinski definition) is 6. The van der Waals surface area contributed by atoms with E-state index in [2.05, 4.69) is 33.0 Å². The fourth-order valence-electron chi connectivity index (χ4n) is 4.12. The summed E-state index contributed by atoms with van der Waals surface area (Å²) < 4.78 is 3.65. The molecule has 0 saturated heterocycles. The lowest BCUT2D eigenvalue weighted by atomic mass is 10.2. The molecule has 9 heteroatoms. The second kappa shape index (κ2) is 9.90. The van der Waals surface area contributed by atoms with Gasteiger partial charge in [-0.05, 0) is 60.2 Å². The number of aromatic nitrogens is 5. The number of carbonyl (C=O) groups is 1. The molecule has 9 nitrogen and oxygen atoms in total. The van der Waals surface area contributed by atoms with Crippen LogP contribution in [-0.2, 0) is 6.54 Å². The summed E-state index contributed by atoms with van der Waals surface area (Å²) in [5.41, 5.74) is 12.1. The number of fused-ring (bicyclic) bond motifs is 1. The molecule has 6 rings (SSSR count). The molecule has 38 heavy (non-hydrogen) atoms. The Morgan fingerprint density at radius 1 is 0.842 bits per heavy atom. The molecular formula is C29H24N8O. The topological polar surface area (TPSA) is 115 Å². The molecule has 6 aromatic rings. The van der Waals surface area contributed by atoms with Crippen LogP contribution in [0.2, 0.25) is 0 Å². The second-order valence-corrected chi connectivity index (χ2v) is 8.83. The van der Waals surface area contributed by atoms with Crippen molar-refractivity contribution in [3.63, 3.8) is 0 Å². The lowest BCUT2D eigenvalue weighted by Gasteiger charge is -2.09. The van der Waals surface area contributed by atoms with Gasteiger partial charge in [-0.15, -0.1) is 0 Å². The molecule has 0 spiro atoms. The molecule has 4 N–H and O–H groups in total. The molecule has 1 amide bonds. The van der Waals surface area contributed by atoms with E-state index in [-0.39, 0.29) is 5.91 Å². The van der Waals surface area contributed by atoms with Crippen molar-refractivity contribution in [1.29, 1.82) is 0 Å². The highest BCUT2D eigenvalue weighted by atomic mass is 16.1. The van der Waals surface area contributed by atoms with Crippen LogP contribution in [-0.4, -0.2) is 30.3 Å². The Labute approximate surface area is 218 Å². The minimum Gasteiger partial charge on any atom is -0.399 e. The van der Waals surface area contributed by atoms with Crippen molar-refractivity contribution in [3.05, 3.63) is 121 Å². The summed E-state index contributed by atoms with van der Waals surface area (Å²) in [6, 6.07) is 26.3. The summed E-state index contributed by atoms with van der Waals surface area (Å²) in [5.74, 6) is 0.479. The summed E-state index contributed by atoms with van der Waals surface area (Å²) >= 11 is 0. The van der Waals surface area contributed by atoms with E-state index in [9.17, 15) is 4.79 Å². The molecule has 0 saturated carbocycles. The zero-order chi connectivity index (χ0) is 25.9. The van der Waals surface area contributed by atoms with E-state index in [1.54, 1.807) is 35.0 Å². The quantitative estimate of drug-likeness (QED) is 0.259. The lowest BCUT2D eigenvalue weighted by molar-refractivity contribution is 0.102. The van der Waals surface area contributed by atoms with E-state index in [1.165, 1.54) is 5.56 Å². The van der Waals surface area contributed by atoms with Crippen molar-refractivity contribution in [2.45, 2.75) is 6.54 Å². The smallest absolute Gasteiger partial charge is 0.255 e. The Bertz CT molecular complexity index is 1700. The summed E-state index contributed by atoms with van der Waals surface area (Å²) in [5, 5.41) is 15.2. The highest BCUT2D eigenvalue weighted by Crippen LogP contribution is 2.25. The van der Waals surface area contributed by atoms with Crippen LogP contribution < -0.4 is 16.4 Å². The van der Waals surface area contributed by atoms with Crippen LogP contribution in [0, 0.1) is 0 Å². The van der Waals surface area contributed by atoms with E-state index in [0.717, 1.165) is 22.5 Å². The molecule has 3 aromatic heterocycles. The number of nitrogens with one attached hydrogen (secondary N) is 2. The van der Waals surface area contributed by atoms with Gasteiger partial charge in [0.25, 0.3) is 5.91 Å². The van der Waals surface area contributed by atoms with Crippen molar-refractivity contribution in [3.8, 4) is 11.1 Å². The normalized spacial score (nSPS) is 10.9. The van der Waals surface area contributed by atoms with Crippen LogP contribution in [0.15, 0.2) is 110 Å². The molecule has 0 bridgehead atoms. The first kappa shape index (κ1) is 23.0. The molecule has 0 aliphatic heterocycles. The van der Waals surface area contributed by atoms with Crippen LogP contribution in [0.1, 0.15) is 15.9 Å². The Morgan fingerprint density at radius 2 is 1.61 bits per heavy atom. The van der Waals surface area contributed by atoms with E-state index in [4.69, 9.17) is 10.7 Å². The van der Waals surface area contributed by atoms with Crippen LogP contribution in [0.3, 0.4) is 0 Å². The molecule has 3 aromatic carbocycles. The van der Waals surface area contributed by atoms with E-state index in [0.29, 0.717) is 29.3 Å². The summed E-state index contributed by atoms with van der Waals surface area (Å²) in [4.78, 5) is 17.2. The first-order chi connectivity index (χ1) is 18.6. The zero-order valence-corrected chi connectivity index (χ0v) is 20.3. The molecule has 0 unspecified atom stereocenters. The number of benzene rings is 3. The van der Waals surface area contributed by atoms with Crippen molar-refractivity contribution in [2.24, 2.45) is 0 Å². The average Bonchev–Trinajstić information content (AvgIpc) is 3.57. The zero-order valence-electron chi connectivity index (χ0n) is 20.3. The SMILES string of the molecule is Nc1ccc(C(=O)Nc2ccc(Nc3ccn4ncc(-c5cnn(Cc6ccccc6)c5)c4n3)cc2)cc1. The number of nitrogen functional groups attached to an aromatic ring is 1. The molecular weight excluding hydrogens is 476 g/mol. The van der Waals surface area contributed by atoms with E-state index >= 15 is 0 Å². The van der Waals surface area contributed by atoms with Gasteiger partial charge >= 0.3 is 0 Å².